The second kappa shape index (κ2) is 8.66. The zero-order chi connectivity index (χ0) is 20.3. The van der Waals surface area contributed by atoms with Crippen LogP contribution in [0.5, 0.6) is 0 Å². The zero-order valence-electron chi connectivity index (χ0n) is 15.6. The lowest BCUT2D eigenvalue weighted by Gasteiger charge is -2.31. The molecule has 0 saturated carbocycles. The lowest BCUT2D eigenvalue weighted by Crippen LogP contribution is -2.57. The van der Waals surface area contributed by atoms with Crippen LogP contribution in [0.4, 0.5) is 0 Å². The molecule has 0 aromatic carbocycles. The van der Waals surface area contributed by atoms with Crippen LogP contribution in [0, 0.1) is 0 Å². The van der Waals surface area contributed by atoms with Gasteiger partial charge in [-0.3, -0.25) is 14.4 Å². The molecule has 5 N–H and O–H groups in total. The van der Waals surface area contributed by atoms with Gasteiger partial charge in [0.05, 0.1) is 6.10 Å². The molecular formula is C17H28N4O6. The van der Waals surface area contributed by atoms with Crippen molar-refractivity contribution < 1.29 is 29.4 Å². The molecule has 5 atom stereocenters. The van der Waals surface area contributed by atoms with Crippen LogP contribution in [0.2, 0.25) is 0 Å². The first-order valence-electron chi connectivity index (χ1n) is 9.23. The molecule has 2 saturated heterocycles. The Hall–Kier alpha value is -2.20. The van der Waals surface area contributed by atoms with Crippen LogP contribution in [0.15, 0.2) is 0 Å². The summed E-state index contributed by atoms with van der Waals surface area (Å²) in [6.45, 7) is 3.60. The molecule has 10 heteroatoms. The fourth-order valence-electron chi connectivity index (χ4n) is 3.61. The molecule has 0 bridgehead atoms. The van der Waals surface area contributed by atoms with E-state index < -0.39 is 48.1 Å². The number of carboxylic acid groups (broad SMARTS) is 1. The van der Waals surface area contributed by atoms with Gasteiger partial charge < -0.3 is 31.1 Å². The highest BCUT2D eigenvalue weighted by Crippen LogP contribution is 2.25. The molecule has 2 rings (SSSR count). The van der Waals surface area contributed by atoms with Gasteiger partial charge >= 0.3 is 5.97 Å². The number of amides is 3. The van der Waals surface area contributed by atoms with Crippen LogP contribution in [0.25, 0.3) is 0 Å². The second-order valence-electron chi connectivity index (χ2n) is 7.21. The number of carboxylic acids is 1. The quantitative estimate of drug-likeness (QED) is 0.424. The van der Waals surface area contributed by atoms with E-state index >= 15 is 0 Å². The van der Waals surface area contributed by atoms with Crippen molar-refractivity contribution >= 4 is 23.7 Å². The van der Waals surface area contributed by atoms with Gasteiger partial charge in [0.2, 0.25) is 17.7 Å². The number of aliphatic hydroxyl groups excluding tert-OH is 1. The number of hydrogen-bond donors (Lipinski definition) is 4. The molecule has 0 aromatic heterocycles. The molecule has 2 heterocycles. The van der Waals surface area contributed by atoms with Crippen LogP contribution in [-0.4, -0.2) is 87.1 Å². The van der Waals surface area contributed by atoms with Crippen LogP contribution >= 0.6 is 0 Å². The van der Waals surface area contributed by atoms with Crippen molar-refractivity contribution in [3.8, 4) is 0 Å². The standard InChI is InChI=1S/C17H28N4O6/c1-9(19-14(23)13(18)10(2)22)15(24)20-7-3-5-11(20)16(25)21-8-4-6-12(21)17(26)27/h9-13,22H,3-8,18H2,1-2H3,(H,19,23)(H,26,27). The van der Waals surface area contributed by atoms with Crippen molar-refractivity contribution in [1.82, 2.24) is 15.1 Å². The summed E-state index contributed by atoms with van der Waals surface area (Å²) in [5, 5.41) is 21.1. The lowest BCUT2D eigenvalue weighted by atomic mass is 10.1. The predicted octanol–water partition coefficient (Wildman–Crippen LogP) is -1.73. The summed E-state index contributed by atoms with van der Waals surface area (Å²) in [6.07, 6.45) is 1.05. The number of rotatable bonds is 6. The molecule has 2 aliphatic rings. The van der Waals surface area contributed by atoms with E-state index in [0.717, 1.165) is 0 Å². The van der Waals surface area contributed by atoms with Gasteiger partial charge in [-0.15, -0.1) is 0 Å². The Balaban J connectivity index is 2.04. The van der Waals surface area contributed by atoms with Crippen molar-refractivity contribution in [2.24, 2.45) is 5.73 Å². The van der Waals surface area contributed by atoms with Gasteiger partial charge in [-0.25, -0.2) is 4.79 Å². The Morgan fingerprint density at radius 1 is 1.04 bits per heavy atom. The van der Waals surface area contributed by atoms with Crippen molar-refractivity contribution in [1.29, 1.82) is 0 Å². The Morgan fingerprint density at radius 2 is 1.59 bits per heavy atom. The molecule has 5 unspecified atom stereocenters. The van der Waals surface area contributed by atoms with Crippen LogP contribution in [0.1, 0.15) is 39.5 Å². The van der Waals surface area contributed by atoms with Gasteiger partial charge in [-0.05, 0) is 39.5 Å². The van der Waals surface area contributed by atoms with E-state index in [-0.39, 0.29) is 5.91 Å². The number of nitrogens with zero attached hydrogens (tertiary/aromatic N) is 2. The van der Waals surface area contributed by atoms with E-state index in [4.69, 9.17) is 5.73 Å². The number of aliphatic carboxylic acids is 1. The molecule has 0 aromatic rings. The molecule has 0 spiro atoms. The van der Waals surface area contributed by atoms with E-state index in [2.05, 4.69) is 5.32 Å². The minimum absolute atomic E-state index is 0.357. The Bertz CT molecular complexity index is 610. The highest BCUT2D eigenvalue weighted by atomic mass is 16.4. The number of nitrogens with one attached hydrogen (secondary N) is 1. The van der Waals surface area contributed by atoms with E-state index in [1.807, 2.05) is 0 Å². The molecule has 10 nitrogen and oxygen atoms in total. The molecule has 27 heavy (non-hydrogen) atoms. The maximum absolute atomic E-state index is 12.8. The third kappa shape index (κ3) is 4.56. The summed E-state index contributed by atoms with van der Waals surface area (Å²) < 4.78 is 0. The fraction of sp³-hybridized carbons (Fsp3) is 0.765. The van der Waals surface area contributed by atoms with Crippen molar-refractivity contribution in [2.75, 3.05) is 13.1 Å². The van der Waals surface area contributed by atoms with Gasteiger partial charge in [0.25, 0.3) is 0 Å². The Labute approximate surface area is 157 Å². The normalized spacial score (nSPS) is 25.8. The average molecular weight is 384 g/mol. The van der Waals surface area contributed by atoms with Gasteiger partial charge in [-0.1, -0.05) is 0 Å². The molecule has 0 radical (unpaired) electrons. The summed E-state index contributed by atoms with van der Waals surface area (Å²) >= 11 is 0. The second-order valence-corrected chi connectivity index (χ2v) is 7.21. The van der Waals surface area contributed by atoms with Crippen molar-refractivity contribution in [3.05, 3.63) is 0 Å². The van der Waals surface area contributed by atoms with E-state index in [0.29, 0.717) is 38.8 Å². The largest absolute Gasteiger partial charge is 0.480 e. The summed E-state index contributed by atoms with van der Waals surface area (Å²) in [6, 6.07) is -3.64. The molecule has 2 fully saturated rings. The monoisotopic (exact) mass is 384 g/mol. The summed E-state index contributed by atoms with van der Waals surface area (Å²) in [4.78, 5) is 51.6. The highest BCUT2D eigenvalue weighted by molar-refractivity contribution is 5.94. The first kappa shape index (κ1) is 21.1. The molecular weight excluding hydrogens is 356 g/mol. The predicted molar refractivity (Wildman–Crippen MR) is 94.4 cm³/mol. The molecule has 0 aliphatic carbocycles. The van der Waals surface area contributed by atoms with Crippen LogP contribution in [-0.2, 0) is 19.2 Å². The number of nitrogens with two attached hydrogens (primary N) is 1. The lowest BCUT2D eigenvalue weighted by molar-refractivity contribution is -0.152. The molecule has 2 aliphatic heterocycles. The van der Waals surface area contributed by atoms with Crippen molar-refractivity contribution in [3.63, 3.8) is 0 Å². The van der Waals surface area contributed by atoms with Crippen LogP contribution < -0.4 is 11.1 Å². The first-order chi connectivity index (χ1) is 12.6. The SMILES string of the molecule is CC(NC(=O)C(N)C(C)O)C(=O)N1CCCC1C(=O)N1CCCC1C(=O)O. The smallest absolute Gasteiger partial charge is 0.326 e. The zero-order valence-corrected chi connectivity index (χ0v) is 15.6. The minimum Gasteiger partial charge on any atom is -0.480 e. The number of likely N-dealkylation sites (tertiary alicyclic amines) is 2. The summed E-state index contributed by atoms with van der Waals surface area (Å²) in [7, 11) is 0. The Morgan fingerprint density at radius 3 is 2.15 bits per heavy atom. The minimum atomic E-state index is -1.16. The third-order valence-corrected chi connectivity index (χ3v) is 5.19. The van der Waals surface area contributed by atoms with Crippen LogP contribution in [0.3, 0.4) is 0 Å². The maximum atomic E-state index is 12.8. The van der Waals surface area contributed by atoms with Crippen molar-refractivity contribution in [2.45, 2.75) is 69.8 Å². The maximum Gasteiger partial charge on any atom is 0.326 e. The number of carbonyl (C=O) groups excluding carboxylic acids is 3. The first-order valence-corrected chi connectivity index (χ1v) is 9.23. The van der Waals surface area contributed by atoms with Gasteiger partial charge in [0.1, 0.15) is 24.2 Å². The fourth-order valence-corrected chi connectivity index (χ4v) is 3.61. The van der Waals surface area contributed by atoms with E-state index in [9.17, 15) is 29.4 Å². The average Bonchev–Trinajstić information content (AvgIpc) is 3.28. The number of carbonyl (C=O) groups is 4. The third-order valence-electron chi connectivity index (χ3n) is 5.19. The summed E-state index contributed by atoms with van der Waals surface area (Å²) in [5.41, 5.74) is 5.56. The van der Waals surface area contributed by atoms with E-state index in [1.54, 1.807) is 0 Å². The molecule has 152 valence electrons. The summed E-state index contributed by atoms with van der Waals surface area (Å²) in [5.74, 6) is -2.48. The van der Waals surface area contributed by atoms with Gasteiger partial charge in [-0.2, -0.15) is 0 Å². The number of aliphatic hydroxyl groups is 1. The topological polar surface area (TPSA) is 153 Å². The van der Waals surface area contributed by atoms with Gasteiger partial charge in [0.15, 0.2) is 0 Å². The van der Waals surface area contributed by atoms with E-state index in [1.165, 1.54) is 23.6 Å². The van der Waals surface area contributed by atoms with Gasteiger partial charge in [0, 0.05) is 13.1 Å². The Kier molecular flexibility index (Phi) is 6.77. The highest BCUT2D eigenvalue weighted by Gasteiger charge is 2.43. The molecule has 3 amide bonds. The number of hydrogen-bond acceptors (Lipinski definition) is 6.